The third-order valence-electron chi connectivity index (χ3n) is 4.66. The summed E-state index contributed by atoms with van der Waals surface area (Å²) in [5.74, 6) is -0.367. The first-order valence-corrected chi connectivity index (χ1v) is 11.9. The quantitative estimate of drug-likeness (QED) is 0.338. The fraction of sp³-hybridized carbons (Fsp3) is 0.238. The average Bonchev–Trinajstić information content (AvgIpc) is 3.20. The predicted molar refractivity (Wildman–Crippen MR) is 123 cm³/mol. The number of furan rings is 1. The third kappa shape index (κ3) is 5.64. The first-order valence-electron chi connectivity index (χ1n) is 9.60. The van der Waals surface area contributed by atoms with Gasteiger partial charge in [-0.3, -0.25) is 19.8 Å². The van der Waals surface area contributed by atoms with E-state index in [-0.39, 0.29) is 41.7 Å². The maximum atomic E-state index is 13.1. The van der Waals surface area contributed by atoms with Crippen LogP contribution >= 0.6 is 12.2 Å². The molecular formula is C21H20N4O6S2. The molecule has 12 heteroatoms. The molecule has 1 aliphatic heterocycles. The highest BCUT2D eigenvalue weighted by molar-refractivity contribution is 7.88. The molecule has 0 bridgehead atoms. The molecule has 0 saturated carbocycles. The van der Waals surface area contributed by atoms with Crippen molar-refractivity contribution in [3.8, 4) is 11.8 Å². The molecule has 1 aliphatic rings. The lowest BCUT2D eigenvalue weighted by Crippen LogP contribution is -2.54. The second-order valence-corrected chi connectivity index (χ2v) is 9.34. The Labute approximate surface area is 196 Å². The van der Waals surface area contributed by atoms with Gasteiger partial charge in [-0.15, -0.1) is 0 Å². The van der Waals surface area contributed by atoms with E-state index in [1.807, 2.05) is 6.07 Å². The zero-order valence-electron chi connectivity index (χ0n) is 17.8. The van der Waals surface area contributed by atoms with Crippen molar-refractivity contribution in [2.24, 2.45) is 0 Å². The Bertz CT molecular complexity index is 1280. The SMILES string of the molecule is COc1cccc(N2C(=O)/C(=C/c3ccc(CN(CCC#N)S(C)(=O)=O)o3)C(=O)NC2=S)c1. The number of amides is 2. The van der Waals surface area contributed by atoms with Crippen LogP contribution in [-0.4, -0.2) is 49.6 Å². The lowest BCUT2D eigenvalue weighted by Gasteiger charge is -2.28. The summed E-state index contributed by atoms with van der Waals surface area (Å²) in [6.45, 7) is -0.0792. The molecule has 10 nitrogen and oxygen atoms in total. The topological polar surface area (TPSA) is 133 Å². The van der Waals surface area contributed by atoms with Crippen molar-refractivity contribution in [3.63, 3.8) is 0 Å². The van der Waals surface area contributed by atoms with E-state index < -0.39 is 21.8 Å². The number of thiocarbonyl (C=S) groups is 1. The summed E-state index contributed by atoms with van der Waals surface area (Å²) in [6.07, 6.45) is 2.33. The number of carbonyl (C=O) groups excluding carboxylic acids is 2. The van der Waals surface area contributed by atoms with Crippen molar-refractivity contribution < 1.29 is 27.2 Å². The van der Waals surface area contributed by atoms with Crippen LogP contribution in [-0.2, 0) is 26.2 Å². The highest BCUT2D eigenvalue weighted by atomic mass is 32.2. The number of rotatable bonds is 8. The van der Waals surface area contributed by atoms with Gasteiger partial charge in [-0.25, -0.2) is 8.42 Å². The van der Waals surface area contributed by atoms with Gasteiger partial charge in [-0.05, 0) is 42.6 Å². The fourth-order valence-corrected chi connectivity index (χ4v) is 4.12. The Morgan fingerprint density at radius 2 is 2.06 bits per heavy atom. The van der Waals surface area contributed by atoms with Crippen LogP contribution in [0.4, 0.5) is 5.69 Å². The lowest BCUT2D eigenvalue weighted by atomic mass is 10.1. The molecule has 1 aromatic carbocycles. The van der Waals surface area contributed by atoms with E-state index in [4.69, 9.17) is 26.6 Å². The summed E-state index contributed by atoms with van der Waals surface area (Å²) in [5.41, 5.74) is 0.202. The van der Waals surface area contributed by atoms with E-state index in [1.165, 1.54) is 30.2 Å². The van der Waals surface area contributed by atoms with Crippen LogP contribution in [0.3, 0.4) is 0 Å². The molecule has 1 aromatic heterocycles. The summed E-state index contributed by atoms with van der Waals surface area (Å²) in [4.78, 5) is 26.7. The standard InChI is InChI=1S/C21H20N4O6S2/c1-30-15-6-3-5-14(11-15)25-20(27)18(19(26)23-21(25)32)12-16-7-8-17(31-16)13-24(10-4-9-22)33(2,28)29/h3,5-8,11-12H,4,10,13H2,1-2H3,(H,23,26,32)/b18-12+. The smallest absolute Gasteiger partial charge is 0.270 e. The van der Waals surface area contributed by atoms with Crippen molar-refractivity contribution in [2.45, 2.75) is 13.0 Å². The normalized spacial score (nSPS) is 15.6. The van der Waals surface area contributed by atoms with Gasteiger partial charge in [-0.2, -0.15) is 9.57 Å². The largest absolute Gasteiger partial charge is 0.497 e. The average molecular weight is 489 g/mol. The number of sulfonamides is 1. The second-order valence-electron chi connectivity index (χ2n) is 6.97. The van der Waals surface area contributed by atoms with Crippen molar-refractivity contribution >= 4 is 50.9 Å². The monoisotopic (exact) mass is 488 g/mol. The summed E-state index contributed by atoms with van der Waals surface area (Å²) >= 11 is 5.18. The van der Waals surface area contributed by atoms with Crippen LogP contribution in [0.15, 0.2) is 46.4 Å². The molecule has 172 valence electrons. The summed E-state index contributed by atoms with van der Waals surface area (Å²) in [7, 11) is -2.07. The first kappa shape index (κ1) is 24.1. The summed E-state index contributed by atoms with van der Waals surface area (Å²) in [6, 6.07) is 11.6. The van der Waals surface area contributed by atoms with E-state index in [9.17, 15) is 18.0 Å². The minimum atomic E-state index is -3.56. The van der Waals surface area contributed by atoms with Gasteiger partial charge in [0.05, 0.1) is 31.7 Å². The number of anilines is 1. The Morgan fingerprint density at radius 3 is 2.73 bits per heavy atom. The maximum absolute atomic E-state index is 13.1. The van der Waals surface area contributed by atoms with E-state index in [1.54, 1.807) is 24.3 Å². The third-order valence-corrected chi connectivity index (χ3v) is 6.19. The van der Waals surface area contributed by atoms with Gasteiger partial charge in [0, 0.05) is 19.0 Å². The van der Waals surface area contributed by atoms with E-state index >= 15 is 0 Å². The second kappa shape index (κ2) is 9.95. The molecule has 0 radical (unpaired) electrons. The van der Waals surface area contributed by atoms with E-state index in [2.05, 4.69) is 5.32 Å². The zero-order valence-corrected chi connectivity index (χ0v) is 19.4. The number of ether oxygens (including phenoxy) is 1. The van der Waals surface area contributed by atoms with Crippen LogP contribution in [0.5, 0.6) is 5.75 Å². The molecule has 1 saturated heterocycles. The lowest BCUT2D eigenvalue weighted by molar-refractivity contribution is -0.122. The number of hydrogen-bond donors (Lipinski definition) is 1. The first-order chi connectivity index (χ1) is 15.6. The number of nitrogens with zero attached hydrogens (tertiary/aromatic N) is 3. The predicted octanol–water partition coefficient (Wildman–Crippen LogP) is 1.79. The zero-order chi connectivity index (χ0) is 24.2. The van der Waals surface area contributed by atoms with Gasteiger partial charge in [0.1, 0.15) is 22.8 Å². The molecule has 2 aromatic rings. The molecular weight excluding hydrogens is 468 g/mol. The van der Waals surface area contributed by atoms with Crippen LogP contribution in [0.25, 0.3) is 6.08 Å². The number of benzene rings is 1. The van der Waals surface area contributed by atoms with Crippen LogP contribution < -0.4 is 15.0 Å². The number of methoxy groups -OCH3 is 1. The molecule has 1 fully saturated rings. The minimum absolute atomic E-state index is 0.0142. The van der Waals surface area contributed by atoms with Gasteiger partial charge in [0.15, 0.2) is 5.11 Å². The van der Waals surface area contributed by atoms with Crippen molar-refractivity contribution in [1.82, 2.24) is 9.62 Å². The highest BCUT2D eigenvalue weighted by Crippen LogP contribution is 2.26. The molecule has 33 heavy (non-hydrogen) atoms. The van der Waals surface area contributed by atoms with Gasteiger partial charge in [0.2, 0.25) is 10.0 Å². The molecule has 0 aliphatic carbocycles. The number of carbonyl (C=O) groups is 2. The van der Waals surface area contributed by atoms with Gasteiger partial charge in [0.25, 0.3) is 11.8 Å². The highest BCUT2D eigenvalue weighted by Gasteiger charge is 2.35. The minimum Gasteiger partial charge on any atom is -0.497 e. The van der Waals surface area contributed by atoms with Crippen molar-refractivity contribution in [3.05, 3.63) is 53.5 Å². The molecule has 0 unspecified atom stereocenters. The number of hydrogen-bond acceptors (Lipinski definition) is 8. The molecule has 2 heterocycles. The van der Waals surface area contributed by atoms with Crippen molar-refractivity contribution in [2.75, 3.05) is 24.8 Å². The number of nitriles is 1. The van der Waals surface area contributed by atoms with Crippen molar-refractivity contribution in [1.29, 1.82) is 5.26 Å². The Hall–Kier alpha value is -3.53. The summed E-state index contributed by atoms with van der Waals surface area (Å²) < 4.78 is 35.8. The molecule has 0 spiro atoms. The summed E-state index contributed by atoms with van der Waals surface area (Å²) in [5, 5.41) is 11.1. The maximum Gasteiger partial charge on any atom is 0.270 e. The van der Waals surface area contributed by atoms with E-state index in [0.717, 1.165) is 10.6 Å². The van der Waals surface area contributed by atoms with Crippen LogP contribution in [0.1, 0.15) is 17.9 Å². The Kier molecular flexibility index (Phi) is 7.27. The van der Waals surface area contributed by atoms with E-state index in [0.29, 0.717) is 11.4 Å². The molecule has 3 rings (SSSR count). The molecule has 2 amide bonds. The van der Waals surface area contributed by atoms with Gasteiger partial charge >= 0.3 is 0 Å². The molecule has 0 atom stereocenters. The van der Waals surface area contributed by atoms with Crippen LogP contribution in [0.2, 0.25) is 0 Å². The number of nitrogens with one attached hydrogen (secondary N) is 1. The Balaban J connectivity index is 1.87. The van der Waals surface area contributed by atoms with Crippen LogP contribution in [0, 0.1) is 11.3 Å². The Morgan fingerprint density at radius 1 is 1.30 bits per heavy atom. The fourth-order valence-electron chi connectivity index (χ4n) is 3.05. The van der Waals surface area contributed by atoms with Gasteiger partial charge in [-0.1, -0.05) is 6.07 Å². The van der Waals surface area contributed by atoms with Gasteiger partial charge < -0.3 is 9.15 Å². The molecule has 1 N–H and O–H groups in total.